The van der Waals surface area contributed by atoms with Crippen molar-refractivity contribution in [3.63, 3.8) is 0 Å². The highest BCUT2D eigenvalue weighted by molar-refractivity contribution is 6.39. The number of nitrogens with one attached hydrogen (secondary N) is 1. The van der Waals surface area contributed by atoms with Crippen LogP contribution in [0, 0.1) is 0 Å². The van der Waals surface area contributed by atoms with E-state index in [1.807, 2.05) is 32.9 Å². The second kappa shape index (κ2) is 9.36. The third-order valence-corrected chi connectivity index (χ3v) is 5.28. The van der Waals surface area contributed by atoms with Crippen molar-refractivity contribution in [2.24, 2.45) is 0 Å². The van der Waals surface area contributed by atoms with Gasteiger partial charge in [-0.3, -0.25) is 14.9 Å². The molecule has 4 rings (SSSR count). The van der Waals surface area contributed by atoms with Gasteiger partial charge in [0.2, 0.25) is 0 Å². The Morgan fingerprint density at radius 1 is 1.09 bits per heavy atom. The molecule has 0 saturated carbocycles. The van der Waals surface area contributed by atoms with Crippen LogP contribution in [0.2, 0.25) is 0 Å². The molecule has 2 aromatic carbocycles. The van der Waals surface area contributed by atoms with E-state index >= 15 is 0 Å². The molecule has 0 spiro atoms. The Morgan fingerprint density at radius 3 is 2.67 bits per heavy atom. The largest absolute Gasteiger partial charge is 0.490 e. The van der Waals surface area contributed by atoms with Gasteiger partial charge in [0.25, 0.3) is 11.8 Å². The van der Waals surface area contributed by atoms with Gasteiger partial charge in [-0.1, -0.05) is 13.0 Å². The lowest BCUT2D eigenvalue weighted by atomic mass is 10.0. The first-order chi connectivity index (χ1) is 15.9. The first-order valence-corrected chi connectivity index (χ1v) is 11.0. The normalized spacial score (nSPS) is 18.8. The van der Waals surface area contributed by atoms with Crippen molar-refractivity contribution in [2.75, 3.05) is 18.1 Å². The van der Waals surface area contributed by atoms with E-state index in [1.54, 1.807) is 24.3 Å². The average molecular weight is 450 g/mol. The molecule has 0 aromatic heterocycles. The predicted molar refractivity (Wildman–Crippen MR) is 123 cm³/mol. The molecule has 172 valence electrons. The van der Waals surface area contributed by atoms with Gasteiger partial charge in [-0.05, 0) is 61.7 Å². The Labute approximate surface area is 192 Å². The molecule has 2 heterocycles. The van der Waals surface area contributed by atoms with E-state index in [4.69, 9.17) is 14.2 Å². The first-order valence-electron chi connectivity index (χ1n) is 11.0. The van der Waals surface area contributed by atoms with Crippen LogP contribution in [0.15, 0.2) is 42.0 Å². The van der Waals surface area contributed by atoms with Gasteiger partial charge >= 0.3 is 6.03 Å². The fourth-order valence-corrected chi connectivity index (χ4v) is 3.83. The number of hydrogen-bond donors (Lipinski definition) is 1. The van der Waals surface area contributed by atoms with Gasteiger partial charge in [0.15, 0.2) is 11.5 Å². The Kier molecular flexibility index (Phi) is 6.35. The van der Waals surface area contributed by atoms with Crippen LogP contribution in [-0.4, -0.2) is 37.2 Å². The molecule has 1 N–H and O–H groups in total. The molecule has 2 aromatic rings. The molecular formula is C25H26N2O6. The van der Waals surface area contributed by atoms with Crippen LogP contribution in [0.25, 0.3) is 6.08 Å². The number of benzene rings is 2. The quantitative estimate of drug-likeness (QED) is 0.509. The number of carbonyl (C=O) groups is 3. The second-order valence-electron chi connectivity index (χ2n) is 7.87. The Hall–Kier alpha value is -3.81. The summed E-state index contributed by atoms with van der Waals surface area (Å²) in [5.74, 6) is 0.292. The average Bonchev–Trinajstić information content (AvgIpc) is 3.15. The highest BCUT2D eigenvalue weighted by Crippen LogP contribution is 2.34. The molecule has 0 aliphatic carbocycles. The molecular weight excluding hydrogens is 424 g/mol. The van der Waals surface area contributed by atoms with Gasteiger partial charge < -0.3 is 14.2 Å². The fourth-order valence-electron chi connectivity index (χ4n) is 3.83. The lowest BCUT2D eigenvalue weighted by molar-refractivity contribution is -0.122. The maximum Gasteiger partial charge on any atom is 0.335 e. The molecule has 1 saturated heterocycles. The summed E-state index contributed by atoms with van der Waals surface area (Å²) in [7, 11) is 0. The van der Waals surface area contributed by atoms with Gasteiger partial charge in [-0.25, -0.2) is 9.69 Å². The lowest BCUT2D eigenvalue weighted by Crippen LogP contribution is -2.54. The molecule has 0 bridgehead atoms. The molecule has 2 aliphatic heterocycles. The Balaban J connectivity index is 1.66. The zero-order valence-electron chi connectivity index (χ0n) is 18.8. The van der Waals surface area contributed by atoms with Crippen LogP contribution in [0.3, 0.4) is 0 Å². The molecule has 8 nitrogen and oxygen atoms in total. The smallest absolute Gasteiger partial charge is 0.335 e. The summed E-state index contributed by atoms with van der Waals surface area (Å²) >= 11 is 0. The highest BCUT2D eigenvalue weighted by atomic mass is 16.5. The topological polar surface area (TPSA) is 94.2 Å². The van der Waals surface area contributed by atoms with Crippen LogP contribution >= 0.6 is 0 Å². The standard InChI is InChI=1S/C25H26N2O6/c1-4-10-32-21-9-7-18(14-22(21)31-5-2)27-24(29)19(23(28)26-25(27)30)13-16-6-8-20-17(12-16)11-15(3)33-20/h6-9,12-15H,4-5,10-11H2,1-3H3,(H,26,28,30)/b19-13+/t15-/m0/s1. The van der Waals surface area contributed by atoms with Crippen molar-refractivity contribution < 1.29 is 28.6 Å². The molecule has 1 fully saturated rings. The minimum Gasteiger partial charge on any atom is -0.490 e. The summed E-state index contributed by atoms with van der Waals surface area (Å²) in [6.45, 7) is 6.70. The molecule has 0 radical (unpaired) electrons. The van der Waals surface area contributed by atoms with E-state index in [0.717, 1.165) is 29.1 Å². The van der Waals surface area contributed by atoms with Gasteiger partial charge in [-0.2, -0.15) is 0 Å². The number of carbonyl (C=O) groups excluding carboxylic acids is 3. The van der Waals surface area contributed by atoms with Gasteiger partial charge in [0.05, 0.1) is 18.9 Å². The van der Waals surface area contributed by atoms with Crippen LogP contribution in [0.4, 0.5) is 10.5 Å². The van der Waals surface area contributed by atoms with E-state index in [2.05, 4.69) is 5.32 Å². The summed E-state index contributed by atoms with van der Waals surface area (Å²) in [6, 6.07) is 9.47. The SMILES string of the molecule is CCCOc1ccc(N2C(=O)NC(=O)/C(=C\c3ccc4c(c3)C[C@H](C)O4)C2=O)cc1OCC. The van der Waals surface area contributed by atoms with Crippen LogP contribution in [-0.2, 0) is 16.0 Å². The monoisotopic (exact) mass is 450 g/mol. The van der Waals surface area contributed by atoms with Gasteiger partial charge in [0, 0.05) is 12.5 Å². The Morgan fingerprint density at radius 2 is 1.91 bits per heavy atom. The van der Waals surface area contributed by atoms with Gasteiger partial charge in [0.1, 0.15) is 17.4 Å². The second-order valence-corrected chi connectivity index (χ2v) is 7.87. The van der Waals surface area contributed by atoms with Crippen molar-refractivity contribution >= 4 is 29.6 Å². The third-order valence-electron chi connectivity index (χ3n) is 5.28. The van der Waals surface area contributed by atoms with Crippen molar-refractivity contribution in [3.05, 3.63) is 53.1 Å². The number of barbiturate groups is 1. The maximum absolute atomic E-state index is 13.2. The van der Waals surface area contributed by atoms with Crippen molar-refractivity contribution in [3.8, 4) is 17.2 Å². The zero-order valence-corrected chi connectivity index (χ0v) is 18.8. The van der Waals surface area contributed by atoms with Crippen LogP contribution in [0.5, 0.6) is 17.2 Å². The number of ether oxygens (including phenoxy) is 3. The van der Waals surface area contributed by atoms with Gasteiger partial charge in [-0.15, -0.1) is 0 Å². The molecule has 33 heavy (non-hydrogen) atoms. The van der Waals surface area contributed by atoms with E-state index in [-0.39, 0.29) is 17.4 Å². The predicted octanol–water partition coefficient (Wildman–Crippen LogP) is 3.86. The Bertz CT molecular complexity index is 1140. The molecule has 0 unspecified atom stereocenters. The highest BCUT2D eigenvalue weighted by Gasteiger charge is 2.37. The van der Waals surface area contributed by atoms with E-state index in [0.29, 0.717) is 30.3 Å². The molecule has 2 aliphatic rings. The summed E-state index contributed by atoms with van der Waals surface area (Å²) in [6.07, 6.45) is 3.15. The zero-order chi connectivity index (χ0) is 23.5. The van der Waals surface area contributed by atoms with E-state index < -0.39 is 17.8 Å². The molecule has 8 heteroatoms. The number of hydrogen-bond acceptors (Lipinski definition) is 6. The summed E-state index contributed by atoms with van der Waals surface area (Å²) in [5.41, 5.74) is 1.83. The summed E-state index contributed by atoms with van der Waals surface area (Å²) < 4.78 is 17.0. The number of fused-ring (bicyclic) bond motifs is 1. The van der Waals surface area contributed by atoms with Crippen molar-refractivity contribution in [1.29, 1.82) is 0 Å². The van der Waals surface area contributed by atoms with E-state index in [1.165, 1.54) is 6.08 Å². The van der Waals surface area contributed by atoms with Crippen LogP contribution in [0.1, 0.15) is 38.3 Å². The number of anilines is 1. The van der Waals surface area contributed by atoms with Crippen LogP contribution < -0.4 is 24.4 Å². The summed E-state index contributed by atoms with van der Waals surface area (Å²) in [5, 5.41) is 2.25. The molecule has 4 amide bonds. The van der Waals surface area contributed by atoms with E-state index in [9.17, 15) is 14.4 Å². The number of nitrogens with zero attached hydrogens (tertiary/aromatic N) is 1. The fraction of sp³-hybridized carbons (Fsp3) is 0.320. The maximum atomic E-state index is 13.2. The number of imide groups is 2. The first kappa shape index (κ1) is 22.4. The number of amides is 4. The lowest BCUT2D eigenvalue weighted by Gasteiger charge is -2.27. The minimum atomic E-state index is -0.817. The van der Waals surface area contributed by atoms with Crippen molar-refractivity contribution in [2.45, 2.75) is 39.7 Å². The number of urea groups is 1. The summed E-state index contributed by atoms with van der Waals surface area (Å²) in [4.78, 5) is 39.3. The number of rotatable bonds is 7. The minimum absolute atomic E-state index is 0.0828. The third kappa shape index (κ3) is 4.55. The molecule has 1 atom stereocenters. The van der Waals surface area contributed by atoms with Crippen molar-refractivity contribution in [1.82, 2.24) is 5.32 Å².